The number of aromatic nitrogens is 1. The van der Waals surface area contributed by atoms with Crippen LogP contribution in [-0.4, -0.2) is 22.7 Å². The Morgan fingerprint density at radius 1 is 0.909 bits per heavy atom. The van der Waals surface area contributed by atoms with Crippen molar-refractivity contribution in [2.75, 3.05) is 0 Å². The van der Waals surface area contributed by atoms with E-state index in [4.69, 9.17) is 4.74 Å². The SMILES string of the molecule is O=C1OCc2c(c3cc(-c4ccc(OC(F)(F)F)cc4)ccc3n2Cc2ccccc2)C1=O. The highest BCUT2D eigenvalue weighted by molar-refractivity contribution is 6.44. The standard InChI is InChI=1S/C25H16F3NO4/c26-25(27,28)33-18-9-6-16(7-10-18)17-8-11-20-19(12-17)22-21(14-32-24(31)23(22)30)29(20)13-15-4-2-1-3-5-15/h1-12H,13-14H2. The van der Waals surface area contributed by atoms with Gasteiger partial charge in [0.05, 0.1) is 11.3 Å². The van der Waals surface area contributed by atoms with Gasteiger partial charge in [-0.15, -0.1) is 13.2 Å². The van der Waals surface area contributed by atoms with Crippen molar-refractivity contribution in [3.05, 3.63) is 89.6 Å². The largest absolute Gasteiger partial charge is 0.573 e. The number of hydrogen-bond donors (Lipinski definition) is 0. The van der Waals surface area contributed by atoms with Crippen LogP contribution in [0.1, 0.15) is 21.6 Å². The molecule has 0 saturated carbocycles. The van der Waals surface area contributed by atoms with E-state index in [-0.39, 0.29) is 12.4 Å². The summed E-state index contributed by atoms with van der Waals surface area (Å²) >= 11 is 0. The van der Waals surface area contributed by atoms with E-state index in [1.54, 1.807) is 6.07 Å². The second kappa shape index (κ2) is 7.81. The molecule has 4 aromatic rings. The summed E-state index contributed by atoms with van der Waals surface area (Å²) in [5, 5.41) is 0.593. The number of benzene rings is 3. The highest BCUT2D eigenvalue weighted by Crippen LogP contribution is 2.35. The highest BCUT2D eigenvalue weighted by Gasteiger charge is 2.33. The quantitative estimate of drug-likeness (QED) is 0.304. The van der Waals surface area contributed by atoms with E-state index in [2.05, 4.69) is 4.74 Å². The van der Waals surface area contributed by atoms with E-state index >= 15 is 0 Å². The van der Waals surface area contributed by atoms with Crippen molar-refractivity contribution in [2.45, 2.75) is 19.5 Å². The van der Waals surface area contributed by atoms with E-state index < -0.39 is 18.1 Å². The van der Waals surface area contributed by atoms with Gasteiger partial charge in [0.2, 0.25) is 0 Å². The minimum Gasteiger partial charge on any atom is -0.453 e. The lowest BCUT2D eigenvalue weighted by Gasteiger charge is -2.15. The lowest BCUT2D eigenvalue weighted by molar-refractivity contribution is -0.274. The fraction of sp³-hybridized carbons (Fsp3) is 0.120. The molecule has 1 aliphatic rings. The van der Waals surface area contributed by atoms with Crippen molar-refractivity contribution in [1.29, 1.82) is 0 Å². The number of rotatable bonds is 4. The van der Waals surface area contributed by atoms with Crippen LogP contribution in [0.3, 0.4) is 0 Å². The number of carbonyl (C=O) groups excluding carboxylic acids is 2. The van der Waals surface area contributed by atoms with Crippen LogP contribution in [0.2, 0.25) is 0 Å². The molecule has 0 spiro atoms. The first-order valence-electron chi connectivity index (χ1n) is 10.1. The number of fused-ring (bicyclic) bond motifs is 3. The van der Waals surface area contributed by atoms with Gasteiger partial charge in [-0.25, -0.2) is 4.79 Å². The maximum atomic E-state index is 12.7. The molecule has 0 radical (unpaired) electrons. The van der Waals surface area contributed by atoms with Crippen molar-refractivity contribution < 1.29 is 32.2 Å². The molecule has 2 heterocycles. The van der Waals surface area contributed by atoms with Gasteiger partial charge in [-0.05, 0) is 41.0 Å². The van der Waals surface area contributed by atoms with Crippen molar-refractivity contribution in [3.63, 3.8) is 0 Å². The zero-order valence-corrected chi connectivity index (χ0v) is 17.1. The minimum atomic E-state index is -4.77. The van der Waals surface area contributed by atoms with Gasteiger partial charge in [0, 0.05) is 17.4 Å². The van der Waals surface area contributed by atoms with Crippen LogP contribution >= 0.6 is 0 Å². The van der Waals surface area contributed by atoms with E-state index in [1.165, 1.54) is 24.3 Å². The Balaban J connectivity index is 1.60. The predicted octanol–water partition coefficient (Wildman–Crippen LogP) is 5.49. The third-order valence-corrected chi connectivity index (χ3v) is 5.53. The third-order valence-electron chi connectivity index (χ3n) is 5.53. The van der Waals surface area contributed by atoms with Gasteiger partial charge in [-0.3, -0.25) is 4.79 Å². The smallest absolute Gasteiger partial charge is 0.453 e. The molecular formula is C25H16F3NO4. The molecule has 0 aliphatic carbocycles. The fourth-order valence-corrected chi connectivity index (χ4v) is 4.09. The van der Waals surface area contributed by atoms with Crippen LogP contribution in [-0.2, 0) is 22.7 Å². The molecule has 5 nitrogen and oxygen atoms in total. The average molecular weight is 451 g/mol. The Labute approximate surface area is 186 Å². The molecule has 1 aromatic heterocycles. The molecule has 0 atom stereocenters. The monoisotopic (exact) mass is 451 g/mol. The number of hydrogen-bond acceptors (Lipinski definition) is 4. The number of nitrogens with zero attached hydrogens (tertiary/aromatic N) is 1. The van der Waals surface area contributed by atoms with Gasteiger partial charge in [0.15, 0.2) is 0 Å². The van der Waals surface area contributed by atoms with Crippen molar-refractivity contribution in [2.24, 2.45) is 0 Å². The number of esters is 1. The Morgan fingerprint density at radius 2 is 1.61 bits per heavy atom. The number of carbonyl (C=O) groups is 2. The van der Waals surface area contributed by atoms with E-state index in [0.29, 0.717) is 34.3 Å². The molecule has 3 aromatic carbocycles. The fourth-order valence-electron chi connectivity index (χ4n) is 4.09. The van der Waals surface area contributed by atoms with E-state index in [0.717, 1.165) is 11.1 Å². The van der Waals surface area contributed by atoms with Crippen molar-refractivity contribution in [3.8, 4) is 16.9 Å². The first-order chi connectivity index (χ1) is 15.8. The lowest BCUT2D eigenvalue weighted by atomic mass is 9.99. The summed E-state index contributed by atoms with van der Waals surface area (Å²) in [4.78, 5) is 24.7. The number of Topliss-reactive ketones (excluding diaryl/α,β-unsaturated/α-hetero) is 1. The van der Waals surface area contributed by atoms with E-state index in [1.807, 2.05) is 47.0 Å². The Bertz CT molecular complexity index is 1370. The number of ketones is 1. The van der Waals surface area contributed by atoms with Crippen LogP contribution < -0.4 is 4.74 Å². The average Bonchev–Trinajstić information content (AvgIpc) is 3.10. The zero-order valence-electron chi connectivity index (χ0n) is 17.1. The lowest BCUT2D eigenvalue weighted by Crippen LogP contribution is -2.25. The van der Waals surface area contributed by atoms with Crippen molar-refractivity contribution in [1.82, 2.24) is 4.57 Å². The van der Waals surface area contributed by atoms with Gasteiger partial charge in [0.25, 0.3) is 5.78 Å². The molecule has 0 N–H and O–H groups in total. The molecule has 5 rings (SSSR count). The van der Waals surface area contributed by atoms with Gasteiger partial charge >= 0.3 is 12.3 Å². The molecule has 0 unspecified atom stereocenters. The summed E-state index contributed by atoms with van der Waals surface area (Å²) < 4.78 is 48.3. The van der Waals surface area contributed by atoms with Gasteiger partial charge in [0.1, 0.15) is 12.4 Å². The number of alkyl halides is 3. The maximum Gasteiger partial charge on any atom is 0.573 e. The molecule has 1 aliphatic heterocycles. The summed E-state index contributed by atoms with van der Waals surface area (Å²) in [6, 6.07) is 20.6. The molecule has 33 heavy (non-hydrogen) atoms. The Hall–Kier alpha value is -4.07. The normalized spacial score (nSPS) is 13.7. The van der Waals surface area contributed by atoms with Crippen LogP contribution in [0.5, 0.6) is 5.75 Å². The Kier molecular flexibility index (Phi) is 4.92. The van der Waals surface area contributed by atoms with Gasteiger partial charge in [-0.2, -0.15) is 0 Å². The van der Waals surface area contributed by atoms with Crippen LogP contribution in [0, 0.1) is 0 Å². The van der Waals surface area contributed by atoms with Crippen LogP contribution in [0.4, 0.5) is 13.2 Å². The van der Waals surface area contributed by atoms with Gasteiger partial charge < -0.3 is 14.0 Å². The number of cyclic esters (lactones) is 1. The molecule has 8 heteroatoms. The summed E-state index contributed by atoms with van der Waals surface area (Å²) in [6.07, 6.45) is -4.77. The minimum absolute atomic E-state index is 0.0137. The number of halogens is 3. The Morgan fingerprint density at radius 3 is 2.30 bits per heavy atom. The third kappa shape index (κ3) is 3.95. The topological polar surface area (TPSA) is 57.5 Å². The maximum absolute atomic E-state index is 12.7. The van der Waals surface area contributed by atoms with E-state index in [9.17, 15) is 22.8 Å². The first-order valence-corrected chi connectivity index (χ1v) is 10.1. The molecular weight excluding hydrogens is 435 g/mol. The molecule has 0 amide bonds. The number of ether oxygens (including phenoxy) is 2. The highest BCUT2D eigenvalue weighted by atomic mass is 19.4. The molecule has 0 saturated heterocycles. The summed E-state index contributed by atoms with van der Waals surface area (Å²) in [6.45, 7) is 0.473. The van der Waals surface area contributed by atoms with Crippen molar-refractivity contribution >= 4 is 22.7 Å². The molecule has 0 bridgehead atoms. The summed E-state index contributed by atoms with van der Waals surface area (Å²) in [5.74, 6) is -1.93. The first kappa shape index (κ1) is 20.8. The second-order valence-electron chi connectivity index (χ2n) is 7.60. The van der Waals surface area contributed by atoms with Crippen LogP contribution in [0.15, 0.2) is 72.8 Å². The predicted molar refractivity (Wildman–Crippen MR) is 114 cm³/mol. The summed E-state index contributed by atoms with van der Waals surface area (Å²) in [7, 11) is 0. The zero-order chi connectivity index (χ0) is 23.2. The van der Waals surface area contributed by atoms with Gasteiger partial charge in [-0.1, -0.05) is 48.5 Å². The summed E-state index contributed by atoms with van der Waals surface area (Å²) in [5.41, 5.74) is 4.03. The van der Waals surface area contributed by atoms with Crippen LogP contribution in [0.25, 0.3) is 22.0 Å². The second-order valence-corrected chi connectivity index (χ2v) is 7.60. The molecule has 0 fully saturated rings. The molecule has 166 valence electrons.